The Hall–Kier alpha value is -1.88. The quantitative estimate of drug-likeness (QED) is 0.873. The number of aryl methyl sites for hydroxylation is 1. The zero-order chi connectivity index (χ0) is 14.8. The molecule has 3 aliphatic rings. The van der Waals surface area contributed by atoms with Crippen LogP contribution >= 0.6 is 0 Å². The van der Waals surface area contributed by atoms with Gasteiger partial charge < -0.3 is 9.80 Å². The molecule has 0 spiro atoms. The van der Waals surface area contributed by atoms with Crippen LogP contribution in [0.15, 0.2) is 18.2 Å². The summed E-state index contributed by atoms with van der Waals surface area (Å²) in [6, 6.07) is 6.93. The van der Waals surface area contributed by atoms with Crippen molar-refractivity contribution < 1.29 is 4.79 Å². The number of benzene rings is 1. The number of hydrogen-bond acceptors (Lipinski definition) is 3. The predicted molar refractivity (Wildman–Crippen MR) is 83.7 cm³/mol. The fraction of sp³-hybridized carbons (Fsp3) is 0.529. The SMILES string of the molecule is Cc1ccc2c(C(=O)N3[C@@H]4C[C@@H]5CN(CC[C@@H]53)C4)n[nH]c2c1. The zero-order valence-corrected chi connectivity index (χ0v) is 12.7. The van der Waals surface area contributed by atoms with Gasteiger partial charge in [-0.3, -0.25) is 9.89 Å². The predicted octanol–water partition coefficient (Wildman–Crippen LogP) is 1.79. The lowest BCUT2D eigenvalue weighted by molar-refractivity contribution is 0.0668. The Morgan fingerprint density at radius 3 is 3.18 bits per heavy atom. The summed E-state index contributed by atoms with van der Waals surface area (Å²) in [6.45, 7) is 5.41. The highest BCUT2D eigenvalue weighted by atomic mass is 16.2. The molecule has 0 aliphatic carbocycles. The largest absolute Gasteiger partial charge is 0.330 e. The summed E-state index contributed by atoms with van der Waals surface area (Å²) in [5.74, 6) is 0.792. The second-order valence-corrected chi connectivity index (χ2v) is 7.10. The van der Waals surface area contributed by atoms with Gasteiger partial charge in [-0.25, -0.2) is 0 Å². The highest BCUT2D eigenvalue weighted by Crippen LogP contribution is 2.41. The van der Waals surface area contributed by atoms with E-state index >= 15 is 0 Å². The Morgan fingerprint density at radius 2 is 2.27 bits per heavy atom. The number of hydrogen-bond donors (Lipinski definition) is 1. The smallest absolute Gasteiger partial charge is 0.275 e. The first-order valence-electron chi connectivity index (χ1n) is 8.20. The Balaban J connectivity index is 1.56. The van der Waals surface area contributed by atoms with Crippen molar-refractivity contribution in [3.8, 4) is 0 Å². The third-order valence-corrected chi connectivity index (χ3v) is 5.73. The topological polar surface area (TPSA) is 52.2 Å². The van der Waals surface area contributed by atoms with Crippen LogP contribution in [0, 0.1) is 12.8 Å². The van der Waals surface area contributed by atoms with Crippen molar-refractivity contribution in [2.24, 2.45) is 5.92 Å². The molecule has 3 bridgehead atoms. The number of aromatic nitrogens is 2. The summed E-state index contributed by atoms with van der Waals surface area (Å²) in [6.07, 6.45) is 2.29. The fourth-order valence-electron chi connectivity index (χ4n) is 4.79. The first-order valence-corrected chi connectivity index (χ1v) is 8.20. The van der Waals surface area contributed by atoms with Crippen molar-refractivity contribution in [2.45, 2.75) is 31.8 Å². The van der Waals surface area contributed by atoms with E-state index in [0.717, 1.165) is 30.4 Å². The van der Waals surface area contributed by atoms with Crippen LogP contribution in [-0.4, -0.2) is 57.6 Å². The molecule has 3 fully saturated rings. The maximum atomic E-state index is 13.2. The molecule has 1 aromatic heterocycles. The van der Waals surface area contributed by atoms with Gasteiger partial charge in [0.15, 0.2) is 5.69 Å². The second-order valence-electron chi connectivity index (χ2n) is 7.10. The third kappa shape index (κ3) is 1.63. The van der Waals surface area contributed by atoms with Gasteiger partial charge in [0.2, 0.25) is 0 Å². The average Bonchev–Trinajstić information content (AvgIpc) is 2.98. The number of fused-ring (bicyclic) bond motifs is 3. The van der Waals surface area contributed by atoms with E-state index in [2.05, 4.69) is 33.0 Å². The molecule has 3 saturated heterocycles. The average molecular weight is 296 g/mol. The summed E-state index contributed by atoms with van der Waals surface area (Å²) < 4.78 is 0. The van der Waals surface area contributed by atoms with E-state index in [4.69, 9.17) is 0 Å². The van der Waals surface area contributed by atoms with E-state index in [9.17, 15) is 4.79 Å². The van der Waals surface area contributed by atoms with Crippen LogP contribution in [0.4, 0.5) is 0 Å². The summed E-state index contributed by atoms with van der Waals surface area (Å²) in [5, 5.41) is 8.33. The molecule has 1 amide bonds. The number of piperidine rings is 2. The first-order chi connectivity index (χ1) is 10.7. The van der Waals surface area contributed by atoms with E-state index in [-0.39, 0.29) is 5.91 Å². The van der Waals surface area contributed by atoms with Crippen molar-refractivity contribution in [1.82, 2.24) is 20.0 Å². The Labute approximate surface area is 129 Å². The summed E-state index contributed by atoms with van der Waals surface area (Å²) in [5.41, 5.74) is 2.73. The van der Waals surface area contributed by atoms with Crippen LogP contribution in [0.25, 0.3) is 10.9 Å². The molecule has 5 nitrogen and oxygen atoms in total. The monoisotopic (exact) mass is 296 g/mol. The minimum atomic E-state index is 0.122. The fourth-order valence-corrected chi connectivity index (χ4v) is 4.79. The van der Waals surface area contributed by atoms with Crippen molar-refractivity contribution >= 4 is 16.8 Å². The minimum Gasteiger partial charge on any atom is -0.330 e. The van der Waals surface area contributed by atoms with E-state index in [1.807, 2.05) is 12.1 Å². The van der Waals surface area contributed by atoms with Gasteiger partial charge in [0.05, 0.1) is 5.52 Å². The van der Waals surface area contributed by atoms with Crippen LogP contribution in [0.2, 0.25) is 0 Å². The van der Waals surface area contributed by atoms with Crippen LogP contribution < -0.4 is 0 Å². The molecule has 1 N–H and O–H groups in total. The Morgan fingerprint density at radius 1 is 1.36 bits per heavy atom. The van der Waals surface area contributed by atoms with Gasteiger partial charge in [0, 0.05) is 37.1 Å². The van der Waals surface area contributed by atoms with Gasteiger partial charge in [-0.15, -0.1) is 0 Å². The number of amides is 1. The number of carbonyl (C=O) groups is 1. The minimum absolute atomic E-state index is 0.122. The summed E-state index contributed by atoms with van der Waals surface area (Å²) >= 11 is 0. The summed E-state index contributed by atoms with van der Waals surface area (Å²) in [7, 11) is 0. The normalized spacial score (nSPS) is 32.9. The lowest BCUT2D eigenvalue weighted by Crippen LogP contribution is -2.44. The van der Waals surface area contributed by atoms with E-state index in [1.165, 1.54) is 18.5 Å². The van der Waals surface area contributed by atoms with Gasteiger partial charge in [0.25, 0.3) is 5.91 Å². The zero-order valence-electron chi connectivity index (χ0n) is 12.7. The third-order valence-electron chi connectivity index (χ3n) is 5.73. The van der Waals surface area contributed by atoms with Crippen LogP contribution in [0.5, 0.6) is 0 Å². The molecule has 3 aliphatic heterocycles. The van der Waals surface area contributed by atoms with Crippen molar-refractivity contribution in [3.63, 3.8) is 0 Å². The molecule has 22 heavy (non-hydrogen) atoms. The number of H-pyrrole nitrogens is 1. The van der Waals surface area contributed by atoms with Gasteiger partial charge in [-0.1, -0.05) is 12.1 Å². The second kappa shape index (κ2) is 4.32. The molecule has 0 saturated carbocycles. The van der Waals surface area contributed by atoms with Gasteiger partial charge >= 0.3 is 0 Å². The molecule has 5 rings (SSSR count). The maximum absolute atomic E-state index is 13.2. The van der Waals surface area contributed by atoms with E-state index in [1.54, 1.807) is 0 Å². The van der Waals surface area contributed by atoms with Crippen LogP contribution in [0.1, 0.15) is 28.9 Å². The molecule has 5 heteroatoms. The molecular formula is C17H20N4O. The molecular weight excluding hydrogens is 276 g/mol. The molecule has 2 aromatic rings. The summed E-state index contributed by atoms with van der Waals surface area (Å²) in [4.78, 5) is 17.8. The maximum Gasteiger partial charge on any atom is 0.275 e. The number of carbonyl (C=O) groups excluding carboxylic acids is 1. The number of nitrogens with one attached hydrogen (secondary N) is 1. The van der Waals surface area contributed by atoms with Gasteiger partial charge in [-0.05, 0) is 37.3 Å². The standard InChI is InChI=1S/C17H20N4O/c1-10-2-3-13-14(6-10)18-19-16(13)17(22)21-12-7-11-8-20(9-12)5-4-15(11)21/h2-3,6,11-12,15H,4-5,7-9H2,1H3,(H,18,19)/t11-,12-,15+/m1/s1. The van der Waals surface area contributed by atoms with Crippen molar-refractivity contribution in [2.75, 3.05) is 19.6 Å². The molecule has 1 aromatic carbocycles. The number of rotatable bonds is 1. The highest BCUT2D eigenvalue weighted by Gasteiger charge is 2.50. The molecule has 114 valence electrons. The van der Waals surface area contributed by atoms with E-state index in [0.29, 0.717) is 23.7 Å². The molecule has 1 unspecified atom stereocenters. The lowest BCUT2D eigenvalue weighted by atomic mass is 9.89. The Bertz CT molecular complexity index is 767. The van der Waals surface area contributed by atoms with Crippen LogP contribution in [0.3, 0.4) is 0 Å². The molecule has 4 heterocycles. The van der Waals surface area contributed by atoms with Gasteiger partial charge in [0.1, 0.15) is 0 Å². The van der Waals surface area contributed by atoms with Crippen LogP contribution in [-0.2, 0) is 0 Å². The lowest BCUT2D eigenvalue weighted by Gasteiger charge is -2.35. The molecule has 0 radical (unpaired) electrons. The van der Waals surface area contributed by atoms with Crippen molar-refractivity contribution in [3.05, 3.63) is 29.5 Å². The Kier molecular flexibility index (Phi) is 2.48. The van der Waals surface area contributed by atoms with E-state index < -0.39 is 0 Å². The number of nitrogens with zero attached hydrogens (tertiary/aromatic N) is 3. The molecule has 4 atom stereocenters. The number of aromatic amines is 1. The van der Waals surface area contributed by atoms with Gasteiger partial charge in [-0.2, -0.15) is 5.10 Å². The number of likely N-dealkylation sites (tertiary alicyclic amines) is 1. The highest BCUT2D eigenvalue weighted by molar-refractivity contribution is 6.05. The van der Waals surface area contributed by atoms with Crippen molar-refractivity contribution in [1.29, 1.82) is 0 Å². The first kappa shape index (κ1) is 12.6.